The van der Waals surface area contributed by atoms with E-state index >= 15 is 0 Å². The largest absolute Gasteiger partial charge is 1.00 e. The van der Waals surface area contributed by atoms with E-state index in [1.54, 1.807) is 0 Å². The van der Waals surface area contributed by atoms with Crippen LogP contribution in [0.2, 0.25) is 0 Å². The topological polar surface area (TPSA) is 66.8 Å². The van der Waals surface area contributed by atoms with Gasteiger partial charge in [-0.2, -0.15) is 0 Å². The summed E-state index contributed by atoms with van der Waals surface area (Å²) in [5, 5.41) is 13.9. The van der Waals surface area contributed by atoms with Crippen molar-refractivity contribution in [2.75, 3.05) is 13.2 Å². The normalized spacial score (nSPS) is 6.60. The zero-order valence-corrected chi connectivity index (χ0v) is 9.75. The first-order valence-electron chi connectivity index (χ1n) is 2.64. The molecule has 0 aliphatic heterocycles. The standard InChI is InChI=1S/C4H10O.CH2O3.K.H/c1-3-5-4-2;2-1(3)4;;/h3-4H2,1-2H3;(H2,2,3,4);;/q;;+1;-1. The number of hydrogen-bond donors (Lipinski definition) is 2. The molecule has 0 saturated heterocycles. The van der Waals surface area contributed by atoms with Crippen molar-refractivity contribution < 1.29 is 72.6 Å². The molecule has 0 heterocycles. The fourth-order valence-corrected chi connectivity index (χ4v) is 0.204. The second-order valence-electron chi connectivity index (χ2n) is 1.06. The molecule has 4 nitrogen and oxygen atoms in total. The predicted molar refractivity (Wildman–Crippen MR) is 33.9 cm³/mol. The van der Waals surface area contributed by atoms with E-state index in [1.165, 1.54) is 0 Å². The van der Waals surface area contributed by atoms with E-state index in [9.17, 15) is 0 Å². The van der Waals surface area contributed by atoms with Gasteiger partial charge in [-0.15, -0.1) is 0 Å². The Balaban J connectivity index is -0.0000000383. The summed E-state index contributed by atoms with van der Waals surface area (Å²) >= 11 is 0. The summed E-state index contributed by atoms with van der Waals surface area (Å²) < 4.78 is 4.83. The quantitative estimate of drug-likeness (QED) is 0.496. The van der Waals surface area contributed by atoms with E-state index in [2.05, 4.69) is 0 Å². The molecule has 5 heteroatoms. The zero-order valence-electron chi connectivity index (χ0n) is 7.63. The van der Waals surface area contributed by atoms with Gasteiger partial charge in [0, 0.05) is 13.2 Å². The monoisotopic (exact) mass is 176 g/mol. The Labute approximate surface area is 104 Å². The smallest absolute Gasteiger partial charge is 1.00 e. The molecule has 0 rings (SSSR count). The maximum Gasteiger partial charge on any atom is 1.00 e. The van der Waals surface area contributed by atoms with Gasteiger partial charge in [0.15, 0.2) is 0 Å². The van der Waals surface area contributed by atoms with Gasteiger partial charge in [0.2, 0.25) is 0 Å². The van der Waals surface area contributed by atoms with Crippen molar-refractivity contribution in [3.63, 3.8) is 0 Å². The number of rotatable bonds is 2. The molecule has 58 valence electrons. The number of carbonyl (C=O) groups is 1. The summed E-state index contributed by atoms with van der Waals surface area (Å²) in [5.74, 6) is 0. The Morgan fingerprint density at radius 3 is 1.60 bits per heavy atom. The third-order valence-electron chi connectivity index (χ3n) is 0.408. The van der Waals surface area contributed by atoms with Crippen LogP contribution in [0.25, 0.3) is 0 Å². The fourth-order valence-electron chi connectivity index (χ4n) is 0.204. The van der Waals surface area contributed by atoms with Crippen molar-refractivity contribution in [2.45, 2.75) is 13.8 Å². The Hall–Kier alpha value is 0.866. The van der Waals surface area contributed by atoms with E-state index in [0.717, 1.165) is 13.2 Å². The predicted octanol–water partition coefficient (Wildman–Crippen LogP) is -1.62. The van der Waals surface area contributed by atoms with Crippen molar-refractivity contribution in [3.8, 4) is 0 Å². The van der Waals surface area contributed by atoms with Crippen LogP contribution in [-0.2, 0) is 4.74 Å². The Morgan fingerprint density at radius 2 is 1.60 bits per heavy atom. The molecule has 10 heavy (non-hydrogen) atoms. The van der Waals surface area contributed by atoms with Gasteiger partial charge in [-0.25, -0.2) is 4.79 Å². The van der Waals surface area contributed by atoms with Crippen LogP contribution >= 0.6 is 0 Å². The maximum absolute atomic E-state index is 8.56. The fraction of sp³-hybridized carbons (Fsp3) is 0.800. The van der Waals surface area contributed by atoms with Crippen LogP contribution in [0.3, 0.4) is 0 Å². The molecule has 0 aromatic rings. The van der Waals surface area contributed by atoms with Crippen LogP contribution in [0.4, 0.5) is 4.79 Å². The van der Waals surface area contributed by atoms with Gasteiger partial charge in [-0.05, 0) is 13.8 Å². The molecule has 0 aliphatic rings. The molecular formula is C5H13KO4. The SMILES string of the molecule is CCOCC.O=C(O)O.[H-].[K+]. The first kappa shape index (κ1) is 17.1. The van der Waals surface area contributed by atoms with Gasteiger partial charge < -0.3 is 16.4 Å². The first-order chi connectivity index (χ1) is 4.15. The number of hydrogen-bond acceptors (Lipinski definition) is 2. The van der Waals surface area contributed by atoms with Crippen LogP contribution in [0.1, 0.15) is 15.3 Å². The summed E-state index contributed by atoms with van der Waals surface area (Å²) in [6.07, 6.45) is -1.83. The molecule has 0 unspecified atom stereocenters. The Kier molecular flexibility index (Phi) is 28.1. The first-order valence-corrected chi connectivity index (χ1v) is 2.64. The molecule has 0 radical (unpaired) electrons. The van der Waals surface area contributed by atoms with Crippen LogP contribution < -0.4 is 51.4 Å². The number of ether oxygens (including phenoxy) is 1. The van der Waals surface area contributed by atoms with Crippen molar-refractivity contribution in [1.29, 1.82) is 0 Å². The van der Waals surface area contributed by atoms with Crippen molar-refractivity contribution >= 4 is 6.16 Å². The molecule has 0 aromatic heterocycles. The average molecular weight is 176 g/mol. The average Bonchev–Trinajstić information content (AvgIpc) is 1.66. The van der Waals surface area contributed by atoms with Gasteiger partial charge in [-0.3, -0.25) is 0 Å². The Bertz CT molecular complexity index is 65.5. The summed E-state index contributed by atoms with van der Waals surface area (Å²) in [4.78, 5) is 8.56. The molecule has 0 saturated carbocycles. The molecule has 0 spiro atoms. The van der Waals surface area contributed by atoms with Gasteiger partial charge >= 0.3 is 57.5 Å². The molecular weight excluding hydrogens is 163 g/mol. The van der Waals surface area contributed by atoms with Gasteiger partial charge in [0.1, 0.15) is 0 Å². The Morgan fingerprint density at radius 1 is 1.40 bits per heavy atom. The molecule has 0 bridgehead atoms. The maximum atomic E-state index is 8.56. The summed E-state index contributed by atoms with van der Waals surface area (Å²) in [6.45, 7) is 5.67. The number of carboxylic acid groups (broad SMARTS) is 2. The summed E-state index contributed by atoms with van der Waals surface area (Å²) in [5.41, 5.74) is 0. The van der Waals surface area contributed by atoms with E-state index in [1.807, 2.05) is 13.8 Å². The molecule has 0 fully saturated rings. The van der Waals surface area contributed by atoms with E-state index in [4.69, 9.17) is 19.7 Å². The molecule has 0 aliphatic carbocycles. The minimum atomic E-state index is -1.83. The third kappa shape index (κ3) is 66.8. The van der Waals surface area contributed by atoms with Gasteiger partial charge in [-0.1, -0.05) is 0 Å². The van der Waals surface area contributed by atoms with Crippen LogP contribution in [0.5, 0.6) is 0 Å². The molecule has 0 atom stereocenters. The van der Waals surface area contributed by atoms with E-state index < -0.39 is 6.16 Å². The minimum Gasteiger partial charge on any atom is -1.00 e. The van der Waals surface area contributed by atoms with Crippen LogP contribution in [0.15, 0.2) is 0 Å². The van der Waals surface area contributed by atoms with Crippen LogP contribution in [-0.4, -0.2) is 29.6 Å². The summed E-state index contributed by atoms with van der Waals surface area (Å²) in [6, 6.07) is 0. The summed E-state index contributed by atoms with van der Waals surface area (Å²) in [7, 11) is 0. The second kappa shape index (κ2) is 16.5. The van der Waals surface area contributed by atoms with Crippen molar-refractivity contribution in [1.82, 2.24) is 0 Å². The van der Waals surface area contributed by atoms with Gasteiger partial charge in [0.25, 0.3) is 0 Å². The van der Waals surface area contributed by atoms with Gasteiger partial charge in [0.05, 0.1) is 0 Å². The molecule has 0 amide bonds. The zero-order chi connectivity index (χ0) is 7.70. The van der Waals surface area contributed by atoms with E-state index in [-0.39, 0.29) is 52.8 Å². The molecule has 0 aromatic carbocycles. The minimum absolute atomic E-state index is 0. The van der Waals surface area contributed by atoms with Crippen molar-refractivity contribution in [2.24, 2.45) is 0 Å². The van der Waals surface area contributed by atoms with Crippen LogP contribution in [0, 0.1) is 0 Å². The van der Waals surface area contributed by atoms with E-state index in [0.29, 0.717) is 0 Å². The second-order valence-corrected chi connectivity index (χ2v) is 1.06. The molecule has 2 N–H and O–H groups in total. The van der Waals surface area contributed by atoms with Crippen molar-refractivity contribution in [3.05, 3.63) is 0 Å². The third-order valence-corrected chi connectivity index (χ3v) is 0.408.